The third kappa shape index (κ3) is 11.1. The van der Waals surface area contributed by atoms with Gasteiger partial charge in [0.15, 0.2) is 0 Å². The van der Waals surface area contributed by atoms with Crippen LogP contribution < -0.4 is 35.5 Å². The number of methoxy groups -OCH3 is 3. The summed E-state index contributed by atoms with van der Waals surface area (Å²) in [6.45, 7) is 2.94. The molecule has 0 fully saturated rings. The Morgan fingerprint density at radius 2 is 1.24 bits per heavy atom. The number of hydrogen-bond donors (Lipinski definition) is 4. The van der Waals surface area contributed by atoms with Crippen LogP contribution in [0.1, 0.15) is 15.9 Å². The first-order chi connectivity index (χ1) is 22.1. The van der Waals surface area contributed by atoms with Crippen molar-refractivity contribution in [1.29, 1.82) is 0 Å². The van der Waals surface area contributed by atoms with Crippen molar-refractivity contribution in [2.75, 3.05) is 76.8 Å². The SMILES string of the molecule is COc1ccc(Nc2nc(NCCOCCOCCNC(=O)c3ccccc3)nc(NCc3cc(OC)cc(OC)c3)n2)cc1. The molecule has 45 heavy (non-hydrogen) atoms. The van der Waals surface area contributed by atoms with Crippen LogP contribution in [0.25, 0.3) is 0 Å². The van der Waals surface area contributed by atoms with Crippen LogP contribution in [0.4, 0.5) is 23.5 Å². The number of carbonyl (C=O) groups excluding carboxylic acids is 1. The Hall–Kier alpha value is -5.14. The van der Waals surface area contributed by atoms with Gasteiger partial charge in [-0.1, -0.05) is 18.2 Å². The Morgan fingerprint density at radius 3 is 1.89 bits per heavy atom. The fourth-order valence-electron chi connectivity index (χ4n) is 4.03. The van der Waals surface area contributed by atoms with Crippen molar-refractivity contribution in [2.24, 2.45) is 0 Å². The van der Waals surface area contributed by atoms with Crippen molar-refractivity contribution >= 4 is 29.4 Å². The van der Waals surface area contributed by atoms with E-state index in [1.165, 1.54) is 0 Å². The van der Waals surface area contributed by atoms with Gasteiger partial charge in [-0.2, -0.15) is 15.0 Å². The van der Waals surface area contributed by atoms with Crippen LogP contribution in [0, 0.1) is 0 Å². The quantitative estimate of drug-likeness (QED) is 0.112. The number of ether oxygens (including phenoxy) is 5. The van der Waals surface area contributed by atoms with Crippen molar-refractivity contribution in [1.82, 2.24) is 20.3 Å². The monoisotopic (exact) mass is 617 g/mol. The molecule has 0 saturated heterocycles. The molecule has 0 aliphatic heterocycles. The van der Waals surface area contributed by atoms with Crippen molar-refractivity contribution in [3.05, 3.63) is 83.9 Å². The predicted molar refractivity (Wildman–Crippen MR) is 172 cm³/mol. The predicted octanol–water partition coefficient (Wildman–Crippen LogP) is 4.13. The number of benzene rings is 3. The highest BCUT2D eigenvalue weighted by molar-refractivity contribution is 5.94. The molecule has 1 amide bonds. The van der Waals surface area contributed by atoms with E-state index in [0.29, 0.717) is 81.0 Å². The molecule has 0 aliphatic rings. The summed E-state index contributed by atoms with van der Waals surface area (Å²) < 4.78 is 27.2. The summed E-state index contributed by atoms with van der Waals surface area (Å²) in [5.74, 6) is 3.10. The van der Waals surface area contributed by atoms with Crippen LogP contribution in [-0.2, 0) is 16.0 Å². The van der Waals surface area contributed by atoms with Crippen LogP contribution in [-0.4, -0.2) is 81.7 Å². The van der Waals surface area contributed by atoms with E-state index in [1.807, 2.05) is 60.7 Å². The summed E-state index contributed by atoms with van der Waals surface area (Å²) in [6.07, 6.45) is 0. The molecule has 0 atom stereocenters. The molecule has 4 aromatic rings. The lowest BCUT2D eigenvalue weighted by molar-refractivity contribution is 0.0519. The first kappa shape index (κ1) is 32.8. The average molecular weight is 618 g/mol. The smallest absolute Gasteiger partial charge is 0.251 e. The maximum atomic E-state index is 12.0. The summed E-state index contributed by atoms with van der Waals surface area (Å²) in [5, 5.41) is 12.5. The van der Waals surface area contributed by atoms with Gasteiger partial charge in [-0.25, -0.2) is 0 Å². The molecule has 0 aliphatic carbocycles. The molecule has 4 rings (SSSR count). The summed E-state index contributed by atoms with van der Waals surface area (Å²) >= 11 is 0. The highest BCUT2D eigenvalue weighted by Crippen LogP contribution is 2.24. The van der Waals surface area contributed by atoms with Crippen molar-refractivity contribution < 1.29 is 28.5 Å². The largest absolute Gasteiger partial charge is 0.497 e. The van der Waals surface area contributed by atoms with E-state index < -0.39 is 0 Å². The van der Waals surface area contributed by atoms with Gasteiger partial charge in [-0.15, -0.1) is 0 Å². The number of nitrogens with one attached hydrogen (secondary N) is 4. The third-order valence-electron chi connectivity index (χ3n) is 6.31. The lowest BCUT2D eigenvalue weighted by atomic mass is 10.2. The zero-order valence-electron chi connectivity index (χ0n) is 25.7. The maximum Gasteiger partial charge on any atom is 0.251 e. The Bertz CT molecular complexity index is 1450. The van der Waals surface area contributed by atoms with Crippen LogP contribution in [0.3, 0.4) is 0 Å². The van der Waals surface area contributed by atoms with Gasteiger partial charge in [0.05, 0.1) is 47.8 Å². The first-order valence-corrected chi connectivity index (χ1v) is 14.4. The fourth-order valence-corrected chi connectivity index (χ4v) is 4.03. The molecule has 0 radical (unpaired) electrons. The highest BCUT2D eigenvalue weighted by atomic mass is 16.5. The average Bonchev–Trinajstić information content (AvgIpc) is 3.08. The molecule has 13 heteroatoms. The molecule has 238 valence electrons. The minimum Gasteiger partial charge on any atom is -0.497 e. The Labute approximate surface area is 262 Å². The molecule has 0 saturated carbocycles. The minimum atomic E-state index is -0.124. The third-order valence-corrected chi connectivity index (χ3v) is 6.31. The van der Waals surface area contributed by atoms with E-state index in [-0.39, 0.29) is 5.91 Å². The van der Waals surface area contributed by atoms with E-state index in [0.717, 1.165) is 17.0 Å². The molecule has 0 spiro atoms. The van der Waals surface area contributed by atoms with E-state index in [2.05, 4.69) is 36.2 Å². The summed E-state index contributed by atoms with van der Waals surface area (Å²) in [6, 6.07) is 22.1. The summed E-state index contributed by atoms with van der Waals surface area (Å²) in [7, 11) is 4.84. The molecule has 4 N–H and O–H groups in total. The second kappa shape index (κ2) is 17.9. The van der Waals surface area contributed by atoms with Gasteiger partial charge in [0.1, 0.15) is 17.2 Å². The number of anilines is 4. The number of carbonyl (C=O) groups is 1. The number of nitrogens with zero attached hydrogens (tertiary/aromatic N) is 3. The van der Waals surface area contributed by atoms with E-state index >= 15 is 0 Å². The van der Waals surface area contributed by atoms with E-state index in [1.54, 1.807) is 33.5 Å². The normalized spacial score (nSPS) is 10.6. The molecule has 3 aromatic carbocycles. The Morgan fingerprint density at radius 1 is 0.644 bits per heavy atom. The number of amides is 1. The molecule has 0 bridgehead atoms. The van der Waals surface area contributed by atoms with Gasteiger partial charge in [-0.05, 0) is 54.1 Å². The van der Waals surface area contributed by atoms with E-state index in [4.69, 9.17) is 23.7 Å². The number of aromatic nitrogens is 3. The minimum absolute atomic E-state index is 0.124. The molecular weight excluding hydrogens is 578 g/mol. The van der Waals surface area contributed by atoms with Crippen LogP contribution in [0.5, 0.6) is 17.2 Å². The van der Waals surface area contributed by atoms with Crippen molar-refractivity contribution in [3.8, 4) is 17.2 Å². The van der Waals surface area contributed by atoms with Gasteiger partial charge in [0, 0.05) is 37.0 Å². The van der Waals surface area contributed by atoms with Crippen molar-refractivity contribution in [2.45, 2.75) is 6.54 Å². The second-order valence-corrected chi connectivity index (χ2v) is 9.51. The van der Waals surface area contributed by atoms with Gasteiger partial charge in [0.2, 0.25) is 17.8 Å². The standard InChI is InChI=1S/C32H39N7O6/c1-41-26-11-9-25(10-12-26)36-32-38-30(37-31(39-32)35-22-23-19-27(42-2)21-28(20-23)43-3)34-14-16-45-18-17-44-15-13-33-29(40)24-7-5-4-6-8-24/h4-12,19-21H,13-18,22H2,1-3H3,(H,33,40)(H3,34,35,36,37,38,39). The molecule has 0 unspecified atom stereocenters. The zero-order chi connectivity index (χ0) is 31.7. The number of rotatable bonds is 19. The topological polar surface area (TPSA) is 150 Å². The summed E-state index contributed by atoms with van der Waals surface area (Å²) in [5.41, 5.74) is 2.34. The van der Waals surface area contributed by atoms with E-state index in [9.17, 15) is 4.79 Å². The highest BCUT2D eigenvalue weighted by Gasteiger charge is 2.09. The van der Waals surface area contributed by atoms with Crippen LogP contribution >= 0.6 is 0 Å². The number of hydrogen-bond acceptors (Lipinski definition) is 12. The Kier molecular flexibility index (Phi) is 13.0. The molecule has 13 nitrogen and oxygen atoms in total. The molecular formula is C32H39N7O6. The lowest BCUT2D eigenvalue weighted by Crippen LogP contribution is -2.27. The Balaban J connectivity index is 1.25. The first-order valence-electron chi connectivity index (χ1n) is 14.4. The second-order valence-electron chi connectivity index (χ2n) is 9.51. The zero-order valence-corrected chi connectivity index (χ0v) is 25.7. The van der Waals surface area contributed by atoms with Crippen LogP contribution in [0.15, 0.2) is 72.8 Å². The molecule has 1 heterocycles. The molecule has 1 aromatic heterocycles. The van der Waals surface area contributed by atoms with Gasteiger partial charge < -0.3 is 45.0 Å². The van der Waals surface area contributed by atoms with Gasteiger partial charge in [-0.3, -0.25) is 4.79 Å². The van der Waals surface area contributed by atoms with Crippen molar-refractivity contribution in [3.63, 3.8) is 0 Å². The van der Waals surface area contributed by atoms with Gasteiger partial charge >= 0.3 is 0 Å². The maximum absolute atomic E-state index is 12.0. The van der Waals surface area contributed by atoms with Gasteiger partial charge in [0.25, 0.3) is 5.91 Å². The lowest BCUT2D eigenvalue weighted by Gasteiger charge is -2.13. The fraction of sp³-hybridized carbons (Fsp3) is 0.312. The van der Waals surface area contributed by atoms with Crippen LogP contribution in [0.2, 0.25) is 0 Å². The summed E-state index contributed by atoms with van der Waals surface area (Å²) in [4.78, 5) is 25.6.